The van der Waals surface area contributed by atoms with Crippen molar-refractivity contribution in [1.82, 2.24) is 0 Å². The fourth-order valence-electron chi connectivity index (χ4n) is 6.62. The third-order valence-electron chi connectivity index (χ3n) is 8.51. The van der Waals surface area contributed by atoms with Gasteiger partial charge >= 0.3 is 13.1 Å². The van der Waals surface area contributed by atoms with Crippen molar-refractivity contribution in [3.8, 4) is 5.75 Å². The van der Waals surface area contributed by atoms with Crippen LogP contribution in [0.3, 0.4) is 0 Å². The van der Waals surface area contributed by atoms with Crippen molar-refractivity contribution < 1.29 is 23.6 Å². The first kappa shape index (κ1) is 18.3. The Balaban J connectivity index is 1.25. The molecule has 1 saturated heterocycles. The summed E-state index contributed by atoms with van der Waals surface area (Å²) in [4.78, 5) is 12.4. The van der Waals surface area contributed by atoms with Gasteiger partial charge in [0.1, 0.15) is 11.3 Å². The Morgan fingerprint density at radius 3 is 2.59 bits per heavy atom. The van der Waals surface area contributed by atoms with Gasteiger partial charge in [0.15, 0.2) is 0 Å². The normalized spacial score (nSPS) is 42.9. The van der Waals surface area contributed by atoms with E-state index < -0.39 is 5.79 Å². The molecule has 7 rings (SSSR count). The summed E-state index contributed by atoms with van der Waals surface area (Å²) in [7, 11) is -0.162. The largest absolute Gasteiger partial charge is 0.461 e. The Morgan fingerprint density at radius 1 is 1.03 bits per heavy atom. The molecule has 6 aliphatic rings. The lowest BCUT2D eigenvalue weighted by Crippen LogP contribution is -2.65. The van der Waals surface area contributed by atoms with Crippen molar-refractivity contribution in [3.63, 3.8) is 0 Å². The van der Waals surface area contributed by atoms with E-state index in [0.29, 0.717) is 34.4 Å². The van der Waals surface area contributed by atoms with Crippen LogP contribution in [-0.4, -0.2) is 30.6 Å². The zero-order valence-corrected chi connectivity index (χ0v) is 17.9. The van der Waals surface area contributed by atoms with Crippen LogP contribution in [0.2, 0.25) is 5.82 Å². The number of para-hydroxylation sites is 1. The number of hydrogen-bond donors (Lipinski definition) is 0. The highest BCUT2D eigenvalue weighted by Gasteiger charge is 2.70. The number of fused-ring (bicyclic) bond motifs is 1. The van der Waals surface area contributed by atoms with Gasteiger partial charge in [0, 0.05) is 19.7 Å². The van der Waals surface area contributed by atoms with E-state index in [1.165, 1.54) is 6.42 Å². The van der Waals surface area contributed by atoms with Crippen LogP contribution < -0.4 is 4.74 Å². The number of hydrogen-bond acceptors (Lipinski definition) is 5. The van der Waals surface area contributed by atoms with Crippen LogP contribution in [0.1, 0.15) is 75.7 Å². The number of cyclic esters (lactones) is 1. The molecule has 0 amide bonds. The average molecular weight is 396 g/mol. The molecule has 4 unspecified atom stereocenters. The number of ether oxygens (including phenoxy) is 2. The smallest absolute Gasteiger partial charge is 0.452 e. The van der Waals surface area contributed by atoms with Gasteiger partial charge in [0.2, 0.25) is 5.79 Å². The summed E-state index contributed by atoms with van der Waals surface area (Å²) >= 11 is 0. The summed E-state index contributed by atoms with van der Waals surface area (Å²) in [6, 6.07) is 5.77. The summed E-state index contributed by atoms with van der Waals surface area (Å²) in [5.74, 6) is 1.35. The van der Waals surface area contributed by atoms with E-state index in [-0.39, 0.29) is 24.8 Å². The molecule has 0 N–H and O–H groups in total. The zero-order chi connectivity index (χ0) is 20.3. The van der Waals surface area contributed by atoms with Gasteiger partial charge in [-0.3, -0.25) is 0 Å². The molecule has 154 valence electrons. The molecule has 0 radical (unpaired) electrons. The van der Waals surface area contributed by atoms with E-state index in [0.717, 1.165) is 24.3 Å². The quantitative estimate of drug-likeness (QED) is 0.542. The Labute approximate surface area is 172 Å². The molecule has 6 heteroatoms. The highest BCUT2D eigenvalue weighted by Crippen LogP contribution is 2.68. The predicted molar refractivity (Wildman–Crippen MR) is 108 cm³/mol. The minimum absolute atomic E-state index is 0.162. The molecule has 2 aliphatic heterocycles. The molecule has 2 bridgehead atoms. The molecule has 5 nitrogen and oxygen atoms in total. The number of esters is 1. The maximum Gasteiger partial charge on any atom is 0.461 e. The maximum absolute atomic E-state index is 12.4. The van der Waals surface area contributed by atoms with Crippen LogP contribution in [0.4, 0.5) is 0 Å². The fourth-order valence-corrected chi connectivity index (χ4v) is 6.62. The van der Waals surface area contributed by atoms with Gasteiger partial charge in [0.05, 0.1) is 11.7 Å². The second kappa shape index (κ2) is 5.39. The number of benzene rings is 1. The number of carbonyl (C=O) groups excluding carboxylic acids is 1. The minimum Gasteiger partial charge on any atom is -0.452 e. The fraction of sp³-hybridized carbons (Fsp3) is 0.696. The summed E-state index contributed by atoms with van der Waals surface area (Å²) in [5, 5.41) is 0. The van der Waals surface area contributed by atoms with E-state index in [1.54, 1.807) is 19.9 Å². The van der Waals surface area contributed by atoms with E-state index >= 15 is 0 Å². The summed E-state index contributed by atoms with van der Waals surface area (Å²) < 4.78 is 24.6. The molecule has 1 aromatic rings. The first-order valence-corrected chi connectivity index (χ1v) is 11.0. The van der Waals surface area contributed by atoms with E-state index in [1.807, 2.05) is 6.07 Å². The first-order valence-electron chi connectivity index (χ1n) is 11.0. The zero-order valence-electron chi connectivity index (χ0n) is 17.9. The van der Waals surface area contributed by atoms with Crippen molar-refractivity contribution in [2.24, 2.45) is 17.3 Å². The maximum atomic E-state index is 12.4. The topological polar surface area (TPSA) is 54.0 Å². The molecule has 6 atom stereocenters. The second-order valence-electron chi connectivity index (χ2n) is 11.0. The van der Waals surface area contributed by atoms with Crippen LogP contribution in [0.5, 0.6) is 5.75 Å². The van der Waals surface area contributed by atoms with Gasteiger partial charge in [0.25, 0.3) is 0 Å². The van der Waals surface area contributed by atoms with Crippen LogP contribution in [0, 0.1) is 17.3 Å². The van der Waals surface area contributed by atoms with Crippen molar-refractivity contribution in [2.75, 3.05) is 0 Å². The van der Waals surface area contributed by atoms with Crippen LogP contribution in [0.25, 0.3) is 0 Å². The molecule has 0 spiro atoms. The summed E-state index contributed by atoms with van der Waals surface area (Å²) in [6.45, 7) is 10.6. The number of carbonyl (C=O) groups is 1. The second-order valence-corrected chi connectivity index (χ2v) is 11.0. The van der Waals surface area contributed by atoms with Crippen molar-refractivity contribution in [3.05, 3.63) is 29.3 Å². The van der Waals surface area contributed by atoms with Crippen molar-refractivity contribution in [1.29, 1.82) is 0 Å². The molecule has 4 saturated carbocycles. The Kier molecular flexibility index (Phi) is 3.39. The van der Waals surface area contributed by atoms with Gasteiger partial charge in [-0.2, -0.15) is 0 Å². The molecule has 4 aliphatic carbocycles. The molecule has 29 heavy (non-hydrogen) atoms. The van der Waals surface area contributed by atoms with E-state index in [9.17, 15) is 4.79 Å². The highest BCUT2D eigenvalue weighted by atomic mass is 16.7. The predicted octanol–water partition coefficient (Wildman–Crippen LogP) is 4.56. The van der Waals surface area contributed by atoms with Gasteiger partial charge in [-0.05, 0) is 61.0 Å². The van der Waals surface area contributed by atoms with Gasteiger partial charge in [-0.25, -0.2) is 4.79 Å². The standard InChI is InChI=1S/C23H29BO5/c1-21(2)12-9-17(21)23(5)18(10-12)28-24(29-23)16-11-15(16)13-7-6-8-14-19(13)26-22(3,4)27-20(14)25/h6-8,12,15-18H,9-11H2,1-5H3/t12?,15?,16?,17-,18?,23-/m0/s1. The van der Waals surface area contributed by atoms with Crippen LogP contribution >= 0.6 is 0 Å². The SMILES string of the molecule is CC1(C)OC(=O)c2cccc(C3CC3B3OC4CC5C[C@@H](C5(C)C)[C@]4(C)O3)c2O1. The minimum atomic E-state index is -0.945. The molecule has 5 fully saturated rings. The Bertz CT molecular complexity index is 911. The summed E-state index contributed by atoms with van der Waals surface area (Å²) in [5.41, 5.74) is 1.78. The van der Waals surface area contributed by atoms with Crippen molar-refractivity contribution in [2.45, 2.75) is 83.1 Å². The lowest BCUT2D eigenvalue weighted by atomic mass is 9.43. The lowest BCUT2D eigenvalue weighted by molar-refractivity contribution is -0.199. The Hall–Kier alpha value is -1.53. The van der Waals surface area contributed by atoms with Crippen LogP contribution in [0.15, 0.2) is 18.2 Å². The van der Waals surface area contributed by atoms with Gasteiger partial charge < -0.3 is 18.8 Å². The summed E-state index contributed by atoms with van der Waals surface area (Å²) in [6.07, 6.45) is 3.58. The van der Waals surface area contributed by atoms with Gasteiger partial charge in [-0.1, -0.05) is 26.0 Å². The van der Waals surface area contributed by atoms with E-state index in [2.05, 4.69) is 26.8 Å². The molecule has 1 aromatic carbocycles. The molecular weight excluding hydrogens is 367 g/mol. The third kappa shape index (κ3) is 2.39. The first-order chi connectivity index (χ1) is 13.6. The lowest BCUT2D eigenvalue weighted by Gasteiger charge is -2.64. The number of rotatable bonds is 2. The highest BCUT2D eigenvalue weighted by molar-refractivity contribution is 6.49. The van der Waals surface area contributed by atoms with E-state index in [4.69, 9.17) is 18.8 Å². The monoisotopic (exact) mass is 396 g/mol. The molecule has 2 heterocycles. The van der Waals surface area contributed by atoms with Gasteiger partial charge in [-0.15, -0.1) is 0 Å². The molecular formula is C23H29BO5. The molecule has 0 aromatic heterocycles. The van der Waals surface area contributed by atoms with Crippen LogP contribution in [-0.2, 0) is 14.0 Å². The average Bonchev–Trinajstić information content (AvgIpc) is 3.33. The van der Waals surface area contributed by atoms with Crippen molar-refractivity contribution >= 4 is 13.1 Å². The Morgan fingerprint density at radius 2 is 1.83 bits per heavy atom. The third-order valence-corrected chi connectivity index (χ3v) is 8.51.